The molecule has 0 bridgehead atoms. The molecule has 0 radical (unpaired) electrons. The van der Waals surface area contributed by atoms with Gasteiger partial charge in [-0.15, -0.1) is 11.3 Å². The second-order valence-electron chi connectivity index (χ2n) is 12.6. The van der Waals surface area contributed by atoms with Crippen molar-refractivity contribution in [2.24, 2.45) is 0 Å². The first-order valence-electron chi connectivity index (χ1n) is 17.3. The number of anilines is 6. The van der Waals surface area contributed by atoms with Crippen LogP contribution in [0.4, 0.5) is 34.1 Å². The van der Waals surface area contributed by atoms with Gasteiger partial charge in [0.15, 0.2) is 0 Å². The zero-order valence-electron chi connectivity index (χ0n) is 27.9. The maximum Gasteiger partial charge on any atom is 0.0476 e. The number of hydrogen-bond acceptors (Lipinski definition) is 3. The summed E-state index contributed by atoms with van der Waals surface area (Å²) in [5, 5.41) is 2.55. The largest absolute Gasteiger partial charge is 0.310 e. The van der Waals surface area contributed by atoms with E-state index in [0.29, 0.717) is 0 Å². The van der Waals surface area contributed by atoms with Gasteiger partial charge in [-0.25, -0.2) is 0 Å². The lowest BCUT2D eigenvalue weighted by molar-refractivity contribution is 1.29. The van der Waals surface area contributed by atoms with Gasteiger partial charge in [0, 0.05) is 54.3 Å². The Morgan fingerprint density at radius 1 is 0.255 bits per heavy atom. The fourth-order valence-corrected chi connectivity index (χ4v) is 8.12. The van der Waals surface area contributed by atoms with E-state index in [1.54, 1.807) is 0 Å². The minimum atomic E-state index is 1.13. The third-order valence-electron chi connectivity index (χ3n) is 9.45. The van der Waals surface area contributed by atoms with E-state index < -0.39 is 0 Å². The number of nitrogens with zero attached hydrogens (tertiary/aromatic N) is 2. The van der Waals surface area contributed by atoms with Crippen LogP contribution in [0, 0.1) is 0 Å². The highest BCUT2D eigenvalue weighted by Crippen LogP contribution is 2.43. The number of rotatable bonds is 8. The van der Waals surface area contributed by atoms with E-state index in [1.807, 2.05) is 11.3 Å². The molecule has 0 fully saturated rings. The topological polar surface area (TPSA) is 6.48 Å². The lowest BCUT2D eigenvalue weighted by atomic mass is 10.0. The Labute approximate surface area is 302 Å². The highest BCUT2D eigenvalue weighted by Gasteiger charge is 2.17. The molecule has 9 rings (SSSR count). The molecule has 0 atom stereocenters. The van der Waals surface area contributed by atoms with Crippen molar-refractivity contribution in [2.45, 2.75) is 0 Å². The van der Waals surface area contributed by atoms with E-state index in [4.69, 9.17) is 0 Å². The van der Waals surface area contributed by atoms with Crippen LogP contribution in [0.1, 0.15) is 0 Å². The second kappa shape index (κ2) is 13.5. The Balaban J connectivity index is 1.10. The maximum atomic E-state index is 2.35. The smallest absolute Gasteiger partial charge is 0.0476 e. The number of para-hydroxylation sites is 2. The summed E-state index contributed by atoms with van der Waals surface area (Å²) in [6, 6.07) is 73.9. The fourth-order valence-electron chi connectivity index (χ4n) is 6.95. The molecule has 1 aromatic heterocycles. The zero-order chi connectivity index (χ0) is 34.0. The van der Waals surface area contributed by atoms with Crippen molar-refractivity contribution in [1.82, 2.24) is 0 Å². The van der Waals surface area contributed by atoms with Crippen molar-refractivity contribution < 1.29 is 0 Å². The quantitative estimate of drug-likeness (QED) is 0.159. The number of benzene rings is 8. The summed E-state index contributed by atoms with van der Waals surface area (Å²) < 4.78 is 2.53. The molecule has 0 unspecified atom stereocenters. The highest BCUT2D eigenvalue weighted by atomic mass is 32.1. The Kier molecular flexibility index (Phi) is 8.09. The fraction of sp³-hybridized carbons (Fsp3) is 0. The summed E-state index contributed by atoms with van der Waals surface area (Å²) in [5.74, 6) is 0. The number of fused-ring (bicyclic) bond motifs is 3. The SMILES string of the molecule is c1ccc(-c2ccc(N(c3ccccc3)c3ccc4c(c3)sc3cc(N(c5ccccc5)c5ccc(-c6ccccc6)cc5)ccc34)cc2)cc1. The normalized spacial score (nSPS) is 11.1. The van der Waals surface area contributed by atoms with Gasteiger partial charge < -0.3 is 9.80 Å². The van der Waals surface area contributed by atoms with Crippen LogP contribution >= 0.6 is 11.3 Å². The summed E-state index contributed by atoms with van der Waals surface area (Å²) in [6.07, 6.45) is 0. The van der Waals surface area contributed by atoms with Crippen LogP contribution in [0.2, 0.25) is 0 Å². The van der Waals surface area contributed by atoms with Crippen molar-refractivity contribution in [3.05, 3.63) is 206 Å². The van der Waals surface area contributed by atoms with Gasteiger partial charge in [-0.3, -0.25) is 0 Å². The predicted octanol–water partition coefficient (Wildman–Crippen LogP) is 14.3. The Bertz CT molecular complexity index is 2360. The summed E-state index contributed by atoms with van der Waals surface area (Å²) in [7, 11) is 0. The molecule has 0 saturated carbocycles. The minimum Gasteiger partial charge on any atom is -0.310 e. The van der Waals surface area contributed by atoms with Crippen molar-refractivity contribution in [1.29, 1.82) is 0 Å². The van der Waals surface area contributed by atoms with Crippen LogP contribution in [0.15, 0.2) is 206 Å². The third-order valence-corrected chi connectivity index (χ3v) is 10.6. The molecule has 8 aromatic carbocycles. The standard InChI is InChI=1S/C48H34N2S/c1-5-13-35(14-6-1)37-21-25-41(26-22-37)49(39-17-9-3-10-18-39)43-29-31-45-46-32-30-44(34-48(46)51-47(45)33-43)50(40-19-11-4-12-20-40)42-27-23-38(24-28-42)36-15-7-2-8-16-36/h1-34H. The molecule has 0 saturated heterocycles. The van der Waals surface area contributed by atoms with E-state index >= 15 is 0 Å². The molecule has 242 valence electrons. The highest BCUT2D eigenvalue weighted by molar-refractivity contribution is 7.25. The zero-order valence-corrected chi connectivity index (χ0v) is 28.7. The van der Waals surface area contributed by atoms with Gasteiger partial charge >= 0.3 is 0 Å². The molecule has 3 heteroatoms. The maximum absolute atomic E-state index is 2.35. The summed E-state index contributed by atoms with van der Waals surface area (Å²) >= 11 is 1.85. The van der Waals surface area contributed by atoms with E-state index in [9.17, 15) is 0 Å². The van der Waals surface area contributed by atoms with Gasteiger partial charge in [0.05, 0.1) is 0 Å². The summed E-state index contributed by atoms with van der Waals surface area (Å²) in [4.78, 5) is 4.69. The first-order chi connectivity index (χ1) is 25.3. The van der Waals surface area contributed by atoms with Crippen molar-refractivity contribution in [3.8, 4) is 22.3 Å². The monoisotopic (exact) mass is 670 g/mol. The molecule has 9 aromatic rings. The third kappa shape index (κ3) is 6.05. The number of hydrogen-bond donors (Lipinski definition) is 0. The van der Waals surface area contributed by atoms with Gasteiger partial charge in [-0.05, 0) is 95.1 Å². The first kappa shape index (κ1) is 30.6. The molecule has 0 aliphatic heterocycles. The minimum absolute atomic E-state index is 1.13. The molecule has 0 spiro atoms. The van der Waals surface area contributed by atoms with Gasteiger partial charge in [-0.1, -0.05) is 133 Å². The van der Waals surface area contributed by atoms with Crippen LogP contribution in [0.3, 0.4) is 0 Å². The van der Waals surface area contributed by atoms with Crippen LogP contribution in [0.5, 0.6) is 0 Å². The average Bonchev–Trinajstić information content (AvgIpc) is 3.57. The summed E-state index contributed by atoms with van der Waals surface area (Å²) in [5.41, 5.74) is 11.6. The second-order valence-corrected chi connectivity index (χ2v) is 13.7. The van der Waals surface area contributed by atoms with Crippen LogP contribution < -0.4 is 9.80 Å². The average molecular weight is 671 g/mol. The Morgan fingerprint density at radius 3 is 0.922 bits per heavy atom. The van der Waals surface area contributed by atoms with Crippen molar-refractivity contribution >= 4 is 65.6 Å². The molecule has 1 heterocycles. The molecule has 0 aliphatic carbocycles. The van der Waals surface area contributed by atoms with Gasteiger partial charge in [0.1, 0.15) is 0 Å². The predicted molar refractivity (Wildman–Crippen MR) is 220 cm³/mol. The molecule has 0 amide bonds. The molecular formula is C48H34N2S. The van der Waals surface area contributed by atoms with E-state index in [0.717, 1.165) is 34.1 Å². The van der Waals surface area contributed by atoms with Crippen LogP contribution in [-0.4, -0.2) is 0 Å². The number of thiophene rings is 1. The lowest BCUT2D eigenvalue weighted by Crippen LogP contribution is -2.09. The van der Waals surface area contributed by atoms with E-state index in [-0.39, 0.29) is 0 Å². The molecule has 0 N–H and O–H groups in total. The molecule has 0 aliphatic rings. The lowest BCUT2D eigenvalue weighted by Gasteiger charge is -2.26. The van der Waals surface area contributed by atoms with Crippen LogP contribution in [-0.2, 0) is 0 Å². The van der Waals surface area contributed by atoms with Gasteiger partial charge in [0.2, 0.25) is 0 Å². The van der Waals surface area contributed by atoms with E-state index in [2.05, 4.69) is 216 Å². The van der Waals surface area contributed by atoms with E-state index in [1.165, 1.54) is 42.4 Å². The summed E-state index contributed by atoms with van der Waals surface area (Å²) in [6.45, 7) is 0. The molecular weight excluding hydrogens is 637 g/mol. The molecule has 51 heavy (non-hydrogen) atoms. The molecule has 2 nitrogen and oxygen atoms in total. The van der Waals surface area contributed by atoms with Crippen molar-refractivity contribution in [3.63, 3.8) is 0 Å². The Hall–Kier alpha value is -6.42. The Morgan fingerprint density at radius 2 is 0.549 bits per heavy atom. The first-order valence-corrected chi connectivity index (χ1v) is 18.1. The van der Waals surface area contributed by atoms with Gasteiger partial charge in [0.25, 0.3) is 0 Å². The van der Waals surface area contributed by atoms with Crippen molar-refractivity contribution in [2.75, 3.05) is 9.80 Å². The van der Waals surface area contributed by atoms with Gasteiger partial charge in [-0.2, -0.15) is 0 Å². The van der Waals surface area contributed by atoms with Crippen LogP contribution in [0.25, 0.3) is 42.4 Å².